The largest absolute Gasteiger partial charge is 0.381 e. The van der Waals surface area contributed by atoms with Gasteiger partial charge in [0.15, 0.2) is 10.9 Å². The van der Waals surface area contributed by atoms with Gasteiger partial charge in [0.25, 0.3) is 10.0 Å². The predicted molar refractivity (Wildman–Crippen MR) is 133 cm³/mol. The number of pyridine rings is 1. The third-order valence-corrected chi connectivity index (χ3v) is 8.82. The molecule has 3 aromatic rings. The molecule has 0 saturated carbocycles. The summed E-state index contributed by atoms with van der Waals surface area (Å²) in [4.78, 5) is 9.42. The van der Waals surface area contributed by atoms with E-state index in [1.807, 2.05) is 13.0 Å². The molecular weight excluding hydrogens is 475 g/mol. The van der Waals surface area contributed by atoms with Crippen LogP contribution in [0.15, 0.2) is 35.5 Å². The zero-order chi connectivity index (χ0) is 24.5. The number of anilines is 2. The van der Waals surface area contributed by atoms with Crippen molar-refractivity contribution in [3.8, 4) is 10.4 Å². The van der Waals surface area contributed by atoms with Crippen LogP contribution in [0.2, 0.25) is 0 Å². The number of benzene rings is 1. The molecule has 1 unspecified atom stereocenters. The molecule has 4 rings (SSSR count). The normalized spacial score (nSPS) is 15.8. The number of sulfonamides is 1. The van der Waals surface area contributed by atoms with Crippen LogP contribution in [0.5, 0.6) is 0 Å². The molecule has 1 aliphatic heterocycles. The van der Waals surface area contributed by atoms with Crippen LogP contribution < -0.4 is 10.0 Å². The van der Waals surface area contributed by atoms with E-state index in [2.05, 4.69) is 26.9 Å². The summed E-state index contributed by atoms with van der Waals surface area (Å²) in [6.45, 7) is 8.98. The van der Waals surface area contributed by atoms with Crippen LogP contribution >= 0.6 is 11.3 Å². The van der Waals surface area contributed by atoms with Gasteiger partial charge in [-0.3, -0.25) is 9.71 Å². The molecule has 0 radical (unpaired) electrons. The van der Waals surface area contributed by atoms with E-state index >= 15 is 0 Å². The number of ether oxygens (including phenoxy) is 1. The van der Waals surface area contributed by atoms with Crippen molar-refractivity contribution >= 4 is 32.2 Å². The summed E-state index contributed by atoms with van der Waals surface area (Å²) in [5.41, 5.74) is 2.45. The van der Waals surface area contributed by atoms with Gasteiger partial charge >= 0.3 is 0 Å². The molecule has 0 spiro atoms. The number of halogens is 1. The molecule has 1 aliphatic rings. The number of hydrogen-bond acceptors (Lipinski definition) is 7. The van der Waals surface area contributed by atoms with Crippen molar-refractivity contribution in [2.24, 2.45) is 5.92 Å². The molecule has 34 heavy (non-hydrogen) atoms. The number of nitrogens with one attached hydrogen (secondary N) is 2. The van der Waals surface area contributed by atoms with Gasteiger partial charge in [-0.05, 0) is 69.2 Å². The topological polar surface area (TPSA) is 93.2 Å². The second-order valence-electron chi connectivity index (χ2n) is 8.72. The number of aromatic nitrogens is 2. The Morgan fingerprint density at radius 2 is 1.88 bits per heavy atom. The number of nitrogens with zero attached hydrogens (tertiary/aromatic N) is 2. The van der Waals surface area contributed by atoms with E-state index in [4.69, 9.17) is 4.74 Å². The van der Waals surface area contributed by atoms with Crippen LogP contribution in [0, 0.1) is 32.5 Å². The first kappa shape index (κ1) is 24.6. The summed E-state index contributed by atoms with van der Waals surface area (Å²) in [5, 5.41) is 4.33. The smallest absolute Gasteiger partial charge is 0.262 e. The summed E-state index contributed by atoms with van der Waals surface area (Å²) in [6.07, 6.45) is 4.45. The maximum atomic E-state index is 14.2. The van der Waals surface area contributed by atoms with Crippen LogP contribution in [0.3, 0.4) is 0 Å². The molecule has 2 N–H and O–H groups in total. The van der Waals surface area contributed by atoms with Crippen molar-refractivity contribution in [1.82, 2.24) is 9.97 Å². The molecule has 1 fully saturated rings. The minimum absolute atomic E-state index is 0.0950. The second kappa shape index (κ2) is 9.97. The molecule has 0 bridgehead atoms. The number of aryl methyl sites for hydroxylation is 3. The Balaban J connectivity index is 1.61. The Kier molecular flexibility index (Phi) is 7.20. The molecule has 1 atom stereocenters. The highest BCUT2D eigenvalue weighted by atomic mass is 32.2. The van der Waals surface area contributed by atoms with Gasteiger partial charge in [0.1, 0.15) is 0 Å². The van der Waals surface area contributed by atoms with E-state index in [0.29, 0.717) is 17.0 Å². The van der Waals surface area contributed by atoms with Gasteiger partial charge in [-0.25, -0.2) is 17.8 Å². The van der Waals surface area contributed by atoms with E-state index in [0.717, 1.165) is 53.5 Å². The fraction of sp³-hybridized carbons (Fsp3) is 0.417. The quantitative estimate of drug-likeness (QED) is 0.454. The lowest BCUT2D eigenvalue weighted by Gasteiger charge is -2.28. The maximum Gasteiger partial charge on any atom is 0.262 e. The Labute approximate surface area is 203 Å². The van der Waals surface area contributed by atoms with Crippen molar-refractivity contribution in [1.29, 1.82) is 0 Å². The van der Waals surface area contributed by atoms with E-state index in [9.17, 15) is 12.8 Å². The molecular formula is C24H29FN4O3S2. The Hall–Kier alpha value is -2.56. The third kappa shape index (κ3) is 5.24. The first-order chi connectivity index (χ1) is 16.2. The van der Waals surface area contributed by atoms with Gasteiger partial charge in [0.05, 0.1) is 27.4 Å². The van der Waals surface area contributed by atoms with E-state index < -0.39 is 15.8 Å². The molecule has 1 saturated heterocycles. The summed E-state index contributed by atoms with van der Waals surface area (Å²) >= 11 is 1.50. The summed E-state index contributed by atoms with van der Waals surface area (Å²) in [7, 11) is -4.02. The first-order valence-corrected chi connectivity index (χ1v) is 13.5. The van der Waals surface area contributed by atoms with Gasteiger partial charge < -0.3 is 10.1 Å². The molecule has 0 aliphatic carbocycles. The Morgan fingerprint density at radius 1 is 1.15 bits per heavy atom. The van der Waals surface area contributed by atoms with Crippen LogP contribution in [0.1, 0.15) is 36.6 Å². The minimum Gasteiger partial charge on any atom is -0.381 e. The zero-order valence-electron chi connectivity index (χ0n) is 19.7. The molecule has 10 heteroatoms. The number of hydrogen-bond donors (Lipinski definition) is 2. The maximum absolute atomic E-state index is 14.2. The van der Waals surface area contributed by atoms with Crippen molar-refractivity contribution in [2.45, 2.75) is 51.5 Å². The van der Waals surface area contributed by atoms with Gasteiger partial charge in [-0.1, -0.05) is 23.5 Å². The lowest BCUT2D eigenvalue weighted by Crippen LogP contribution is -2.30. The van der Waals surface area contributed by atoms with E-state index in [1.54, 1.807) is 26.0 Å². The minimum atomic E-state index is -4.02. The van der Waals surface area contributed by atoms with Crippen molar-refractivity contribution in [2.75, 3.05) is 23.3 Å². The van der Waals surface area contributed by atoms with Crippen molar-refractivity contribution in [3.05, 3.63) is 53.2 Å². The second-order valence-corrected chi connectivity index (χ2v) is 11.4. The third-order valence-electron chi connectivity index (χ3n) is 6.19. The van der Waals surface area contributed by atoms with Crippen LogP contribution in [-0.4, -0.2) is 37.6 Å². The van der Waals surface area contributed by atoms with E-state index in [-0.39, 0.29) is 16.6 Å². The number of rotatable bonds is 7. The van der Waals surface area contributed by atoms with Crippen molar-refractivity contribution < 1.29 is 17.5 Å². The SMILES string of the molecule is Cc1ccc(-c2sc(NC(C)C3CCOCC3)nc2C)cc1S(=O)(=O)Nc1c(C)cncc1F. The molecule has 182 valence electrons. The molecule has 0 amide bonds. The summed E-state index contributed by atoms with van der Waals surface area (Å²) in [6, 6.07) is 5.53. The number of thiazole rings is 1. The fourth-order valence-corrected chi connectivity index (χ4v) is 6.61. The van der Waals surface area contributed by atoms with Gasteiger partial charge in [-0.15, -0.1) is 0 Å². The molecule has 2 aromatic heterocycles. The van der Waals surface area contributed by atoms with E-state index in [1.165, 1.54) is 17.5 Å². The summed E-state index contributed by atoms with van der Waals surface area (Å²) in [5.74, 6) is -0.189. The highest BCUT2D eigenvalue weighted by molar-refractivity contribution is 7.92. The van der Waals surface area contributed by atoms with Gasteiger partial charge in [0.2, 0.25) is 0 Å². The Bertz CT molecular complexity index is 1270. The van der Waals surface area contributed by atoms with Crippen LogP contribution in [-0.2, 0) is 14.8 Å². The average molecular weight is 505 g/mol. The highest BCUT2D eigenvalue weighted by Crippen LogP contribution is 2.36. The Morgan fingerprint density at radius 3 is 2.59 bits per heavy atom. The lowest BCUT2D eigenvalue weighted by molar-refractivity contribution is 0.0622. The first-order valence-electron chi connectivity index (χ1n) is 11.2. The predicted octanol–water partition coefficient (Wildman–Crippen LogP) is 5.30. The standard InChI is InChI=1S/C24H29FN4O3S2/c1-14-5-6-19(11-21(14)34(30,31)29-22-15(2)12-26-13-20(22)25)23-17(4)28-24(33-23)27-16(3)18-7-9-32-10-8-18/h5-6,11-13,16,18H,7-10H2,1-4H3,(H,26,29)(H,27,28). The monoisotopic (exact) mass is 504 g/mol. The average Bonchev–Trinajstić information content (AvgIpc) is 3.17. The fourth-order valence-electron chi connectivity index (χ4n) is 4.14. The summed E-state index contributed by atoms with van der Waals surface area (Å²) < 4.78 is 48.5. The van der Waals surface area contributed by atoms with Gasteiger partial charge in [-0.2, -0.15) is 0 Å². The van der Waals surface area contributed by atoms with Crippen LogP contribution in [0.4, 0.5) is 15.2 Å². The molecule has 7 nitrogen and oxygen atoms in total. The van der Waals surface area contributed by atoms with Crippen LogP contribution in [0.25, 0.3) is 10.4 Å². The van der Waals surface area contributed by atoms with Gasteiger partial charge in [0, 0.05) is 25.5 Å². The lowest BCUT2D eigenvalue weighted by atomic mass is 9.93. The van der Waals surface area contributed by atoms with Crippen molar-refractivity contribution in [3.63, 3.8) is 0 Å². The molecule has 3 heterocycles. The highest BCUT2D eigenvalue weighted by Gasteiger charge is 2.24. The molecule has 1 aromatic carbocycles. The zero-order valence-corrected chi connectivity index (χ0v) is 21.3.